The fraction of sp³-hybridized carbons (Fsp3) is 0.263. The van der Waals surface area contributed by atoms with Crippen molar-refractivity contribution in [2.75, 3.05) is 11.9 Å². The smallest absolute Gasteiger partial charge is 0.241 e. The molecular formula is C19H20N4O. The first kappa shape index (κ1) is 14.9. The van der Waals surface area contributed by atoms with Gasteiger partial charge in [0, 0.05) is 18.3 Å². The van der Waals surface area contributed by atoms with Gasteiger partial charge < -0.3 is 15.2 Å². The van der Waals surface area contributed by atoms with Crippen LogP contribution in [0, 0.1) is 0 Å². The number of nitrogens with one attached hydrogen (secondary N) is 2. The molecule has 0 bridgehead atoms. The van der Waals surface area contributed by atoms with Gasteiger partial charge in [-0.3, -0.25) is 4.79 Å². The van der Waals surface area contributed by atoms with E-state index in [1.54, 1.807) is 0 Å². The summed E-state index contributed by atoms with van der Waals surface area (Å²) in [4.78, 5) is 16.9. The van der Waals surface area contributed by atoms with Gasteiger partial charge in [0.25, 0.3) is 0 Å². The van der Waals surface area contributed by atoms with Crippen molar-refractivity contribution < 1.29 is 4.79 Å². The second-order valence-corrected chi connectivity index (χ2v) is 6.20. The number of para-hydroxylation sites is 2. The van der Waals surface area contributed by atoms with Gasteiger partial charge in [-0.15, -0.1) is 0 Å². The second-order valence-electron chi connectivity index (χ2n) is 6.20. The number of nitrogens with zero attached hydrogens (tertiary/aromatic N) is 2. The Morgan fingerprint density at radius 1 is 1.21 bits per heavy atom. The zero-order valence-electron chi connectivity index (χ0n) is 13.6. The Kier molecular flexibility index (Phi) is 3.78. The second kappa shape index (κ2) is 6.09. The first-order valence-electron chi connectivity index (χ1n) is 8.28. The lowest BCUT2D eigenvalue weighted by Gasteiger charge is -2.11. The number of carbonyl (C=O) groups is 1. The van der Waals surface area contributed by atoms with Crippen molar-refractivity contribution in [2.45, 2.75) is 18.9 Å². The van der Waals surface area contributed by atoms with E-state index in [-0.39, 0.29) is 11.9 Å². The van der Waals surface area contributed by atoms with Crippen molar-refractivity contribution in [1.29, 1.82) is 0 Å². The average Bonchev–Trinajstić information content (AvgIpc) is 3.25. The Morgan fingerprint density at radius 2 is 2.00 bits per heavy atom. The largest absolute Gasteiger partial charge is 0.327 e. The van der Waals surface area contributed by atoms with Crippen LogP contribution >= 0.6 is 0 Å². The summed E-state index contributed by atoms with van der Waals surface area (Å²) in [7, 11) is 2.02. The summed E-state index contributed by atoms with van der Waals surface area (Å²) in [5.41, 5.74) is 3.94. The molecule has 0 radical (unpaired) electrons. The maximum Gasteiger partial charge on any atom is 0.241 e. The molecule has 1 saturated heterocycles. The summed E-state index contributed by atoms with van der Waals surface area (Å²) in [5, 5.41) is 6.19. The van der Waals surface area contributed by atoms with Crippen LogP contribution < -0.4 is 10.6 Å². The lowest BCUT2D eigenvalue weighted by molar-refractivity contribution is -0.117. The van der Waals surface area contributed by atoms with Crippen LogP contribution in [0.15, 0.2) is 48.5 Å². The van der Waals surface area contributed by atoms with E-state index in [4.69, 9.17) is 4.98 Å². The zero-order valence-corrected chi connectivity index (χ0v) is 13.6. The molecule has 1 atom stereocenters. The Balaban J connectivity index is 1.56. The number of rotatable bonds is 3. The van der Waals surface area contributed by atoms with Crippen molar-refractivity contribution in [1.82, 2.24) is 14.9 Å². The molecule has 0 saturated carbocycles. The first-order valence-corrected chi connectivity index (χ1v) is 8.28. The zero-order chi connectivity index (χ0) is 16.5. The molecule has 2 heterocycles. The van der Waals surface area contributed by atoms with Gasteiger partial charge in [-0.05, 0) is 55.8 Å². The highest BCUT2D eigenvalue weighted by Gasteiger charge is 2.21. The molecule has 1 amide bonds. The number of carbonyl (C=O) groups excluding carboxylic acids is 1. The lowest BCUT2D eigenvalue weighted by atomic mass is 10.1. The molecule has 122 valence electrons. The van der Waals surface area contributed by atoms with E-state index in [0.29, 0.717) is 0 Å². The minimum atomic E-state index is -0.0653. The van der Waals surface area contributed by atoms with Crippen molar-refractivity contribution in [2.24, 2.45) is 7.05 Å². The van der Waals surface area contributed by atoms with Crippen LogP contribution in [0.25, 0.3) is 22.4 Å². The van der Waals surface area contributed by atoms with E-state index in [1.165, 1.54) is 0 Å². The van der Waals surface area contributed by atoms with Crippen LogP contribution in [0.1, 0.15) is 12.8 Å². The molecule has 1 fully saturated rings. The highest BCUT2D eigenvalue weighted by Crippen LogP contribution is 2.24. The van der Waals surface area contributed by atoms with Crippen LogP contribution in [-0.4, -0.2) is 28.0 Å². The molecule has 3 aromatic rings. The number of amides is 1. The third-order valence-corrected chi connectivity index (χ3v) is 4.57. The fourth-order valence-corrected chi connectivity index (χ4v) is 3.24. The highest BCUT2D eigenvalue weighted by molar-refractivity contribution is 5.95. The highest BCUT2D eigenvalue weighted by atomic mass is 16.2. The Bertz CT molecular complexity index is 876. The topological polar surface area (TPSA) is 59.0 Å². The Hall–Kier alpha value is -2.66. The predicted molar refractivity (Wildman–Crippen MR) is 95.8 cm³/mol. The van der Waals surface area contributed by atoms with Crippen LogP contribution in [0.5, 0.6) is 0 Å². The molecule has 4 rings (SSSR count). The van der Waals surface area contributed by atoms with E-state index in [2.05, 4.69) is 21.3 Å². The molecule has 1 unspecified atom stereocenters. The third-order valence-electron chi connectivity index (χ3n) is 4.57. The van der Waals surface area contributed by atoms with Gasteiger partial charge in [-0.25, -0.2) is 4.98 Å². The van der Waals surface area contributed by atoms with Crippen molar-refractivity contribution >= 4 is 22.6 Å². The van der Waals surface area contributed by atoms with Gasteiger partial charge in [0.15, 0.2) is 0 Å². The third kappa shape index (κ3) is 2.67. The van der Waals surface area contributed by atoms with Gasteiger partial charge in [-0.2, -0.15) is 0 Å². The quantitative estimate of drug-likeness (QED) is 0.780. The molecule has 5 nitrogen and oxygen atoms in total. The minimum Gasteiger partial charge on any atom is -0.327 e. The van der Waals surface area contributed by atoms with Gasteiger partial charge >= 0.3 is 0 Å². The summed E-state index contributed by atoms with van der Waals surface area (Å²) >= 11 is 0. The molecule has 0 aliphatic carbocycles. The number of benzene rings is 2. The number of imidazole rings is 1. The summed E-state index contributed by atoms with van der Waals surface area (Å²) in [6.07, 6.45) is 1.97. The normalized spacial score (nSPS) is 17.3. The number of aromatic nitrogens is 2. The molecule has 1 aliphatic rings. The van der Waals surface area contributed by atoms with Crippen LogP contribution in [-0.2, 0) is 11.8 Å². The molecule has 1 aromatic heterocycles. The number of anilines is 1. The summed E-state index contributed by atoms with van der Waals surface area (Å²) in [6, 6.07) is 15.9. The fourth-order valence-electron chi connectivity index (χ4n) is 3.24. The monoisotopic (exact) mass is 320 g/mol. The van der Waals surface area contributed by atoms with Crippen LogP contribution in [0.3, 0.4) is 0 Å². The van der Waals surface area contributed by atoms with E-state index in [9.17, 15) is 4.79 Å². The van der Waals surface area contributed by atoms with E-state index in [1.807, 2.05) is 49.5 Å². The summed E-state index contributed by atoms with van der Waals surface area (Å²) < 4.78 is 2.09. The van der Waals surface area contributed by atoms with E-state index < -0.39 is 0 Å². The van der Waals surface area contributed by atoms with Gasteiger partial charge in [0.2, 0.25) is 5.91 Å². The SMILES string of the molecule is Cn1c(-c2ccc(NC(=O)C3CCCN3)cc2)nc2ccccc21. The van der Waals surface area contributed by atoms with Gasteiger partial charge in [0.05, 0.1) is 17.1 Å². The number of hydrogen-bond acceptors (Lipinski definition) is 3. The van der Waals surface area contributed by atoms with Crippen LogP contribution in [0.2, 0.25) is 0 Å². The summed E-state index contributed by atoms with van der Waals surface area (Å²) in [6.45, 7) is 0.920. The summed E-state index contributed by atoms with van der Waals surface area (Å²) in [5.74, 6) is 0.967. The molecule has 1 aliphatic heterocycles. The van der Waals surface area contributed by atoms with E-state index in [0.717, 1.165) is 47.5 Å². The first-order chi connectivity index (χ1) is 11.7. The lowest BCUT2D eigenvalue weighted by Crippen LogP contribution is -2.35. The number of aryl methyl sites for hydroxylation is 1. The molecule has 0 spiro atoms. The molecule has 24 heavy (non-hydrogen) atoms. The van der Waals surface area contributed by atoms with Crippen molar-refractivity contribution in [3.63, 3.8) is 0 Å². The molecule has 5 heteroatoms. The molecular weight excluding hydrogens is 300 g/mol. The van der Waals surface area contributed by atoms with Crippen molar-refractivity contribution in [3.05, 3.63) is 48.5 Å². The minimum absolute atomic E-state index is 0.0444. The predicted octanol–water partition coefficient (Wildman–Crippen LogP) is 2.93. The number of fused-ring (bicyclic) bond motifs is 1. The Morgan fingerprint density at radius 3 is 2.71 bits per heavy atom. The molecule has 2 aromatic carbocycles. The maximum absolute atomic E-state index is 12.2. The average molecular weight is 320 g/mol. The van der Waals surface area contributed by atoms with Gasteiger partial charge in [-0.1, -0.05) is 12.1 Å². The van der Waals surface area contributed by atoms with Gasteiger partial charge in [0.1, 0.15) is 5.82 Å². The van der Waals surface area contributed by atoms with Crippen LogP contribution in [0.4, 0.5) is 5.69 Å². The molecule has 2 N–H and O–H groups in total. The van der Waals surface area contributed by atoms with E-state index >= 15 is 0 Å². The standard InChI is InChI=1S/C19H20N4O/c1-23-17-7-3-2-5-15(17)22-18(23)13-8-10-14(11-9-13)21-19(24)16-6-4-12-20-16/h2-3,5,7-11,16,20H,4,6,12H2,1H3,(H,21,24). The van der Waals surface area contributed by atoms with Crippen molar-refractivity contribution in [3.8, 4) is 11.4 Å². The number of hydrogen-bond donors (Lipinski definition) is 2. The maximum atomic E-state index is 12.2. The Labute approximate surface area is 140 Å².